The molecule has 0 saturated heterocycles. The first-order valence-corrected chi connectivity index (χ1v) is 7.22. The van der Waals surface area contributed by atoms with Gasteiger partial charge in [0.05, 0.1) is 12.1 Å². The summed E-state index contributed by atoms with van der Waals surface area (Å²) < 4.78 is 5.54. The minimum absolute atomic E-state index is 0.772. The summed E-state index contributed by atoms with van der Waals surface area (Å²) in [7, 11) is 0. The Labute approximate surface area is 123 Å². The maximum absolute atomic E-state index is 5.54. The highest BCUT2D eigenvalue weighted by Gasteiger charge is 2.11. The molecule has 1 aliphatic rings. The van der Waals surface area contributed by atoms with Crippen LogP contribution in [0.25, 0.3) is 10.9 Å². The average molecular weight is 276 g/mol. The van der Waals surface area contributed by atoms with E-state index in [9.17, 15) is 0 Å². The lowest BCUT2D eigenvalue weighted by Gasteiger charge is -2.10. The van der Waals surface area contributed by atoms with Crippen LogP contribution in [0.4, 0.5) is 5.69 Å². The van der Waals surface area contributed by atoms with E-state index >= 15 is 0 Å². The molecule has 0 aliphatic carbocycles. The van der Waals surface area contributed by atoms with Gasteiger partial charge in [0, 0.05) is 30.2 Å². The first-order valence-electron chi connectivity index (χ1n) is 7.22. The van der Waals surface area contributed by atoms with Crippen molar-refractivity contribution in [2.45, 2.75) is 13.0 Å². The number of nitrogens with one attached hydrogen (secondary N) is 1. The Kier molecular flexibility index (Phi) is 2.96. The Morgan fingerprint density at radius 2 is 2.05 bits per heavy atom. The fraction of sp³-hybridized carbons (Fsp3) is 0.167. The van der Waals surface area contributed by atoms with Crippen molar-refractivity contribution in [2.75, 3.05) is 11.9 Å². The Morgan fingerprint density at radius 1 is 1.10 bits per heavy atom. The zero-order valence-electron chi connectivity index (χ0n) is 11.7. The number of anilines is 1. The molecule has 1 aromatic heterocycles. The van der Waals surface area contributed by atoms with Crippen LogP contribution in [-0.2, 0) is 13.0 Å². The molecule has 3 aromatic rings. The highest BCUT2D eigenvalue weighted by Crippen LogP contribution is 2.28. The lowest BCUT2D eigenvalue weighted by atomic mass is 10.1. The summed E-state index contributed by atoms with van der Waals surface area (Å²) in [6, 6.07) is 16.7. The first-order chi connectivity index (χ1) is 10.4. The topological polar surface area (TPSA) is 34.2 Å². The second kappa shape index (κ2) is 5.09. The van der Waals surface area contributed by atoms with Gasteiger partial charge in [-0.05, 0) is 35.4 Å². The number of hydrogen-bond acceptors (Lipinski definition) is 3. The van der Waals surface area contributed by atoms with Gasteiger partial charge < -0.3 is 10.1 Å². The van der Waals surface area contributed by atoms with Gasteiger partial charge in [0.15, 0.2) is 0 Å². The fourth-order valence-corrected chi connectivity index (χ4v) is 2.80. The first kappa shape index (κ1) is 12.2. The molecule has 0 radical (unpaired) electrons. The van der Waals surface area contributed by atoms with Gasteiger partial charge in [-0.2, -0.15) is 0 Å². The second-order valence-electron chi connectivity index (χ2n) is 5.27. The van der Waals surface area contributed by atoms with Crippen molar-refractivity contribution in [1.29, 1.82) is 0 Å². The number of aromatic nitrogens is 1. The molecular weight excluding hydrogens is 260 g/mol. The summed E-state index contributed by atoms with van der Waals surface area (Å²) in [5.41, 5.74) is 4.70. The molecule has 0 spiro atoms. The maximum Gasteiger partial charge on any atom is 0.122 e. The van der Waals surface area contributed by atoms with Crippen LogP contribution in [0.2, 0.25) is 0 Å². The Hall–Kier alpha value is -2.55. The van der Waals surface area contributed by atoms with E-state index < -0.39 is 0 Å². The third-order valence-electron chi connectivity index (χ3n) is 3.89. The largest absolute Gasteiger partial charge is 0.493 e. The van der Waals surface area contributed by atoms with E-state index in [0.29, 0.717) is 0 Å². The monoisotopic (exact) mass is 276 g/mol. The number of rotatable bonds is 3. The van der Waals surface area contributed by atoms with Crippen molar-refractivity contribution < 1.29 is 4.74 Å². The number of ether oxygens (including phenoxy) is 1. The van der Waals surface area contributed by atoms with E-state index in [4.69, 9.17) is 4.74 Å². The number of benzene rings is 2. The van der Waals surface area contributed by atoms with E-state index in [1.165, 1.54) is 16.5 Å². The third kappa shape index (κ3) is 2.31. The minimum Gasteiger partial charge on any atom is -0.493 e. The van der Waals surface area contributed by atoms with Crippen LogP contribution in [0.3, 0.4) is 0 Å². The van der Waals surface area contributed by atoms with Gasteiger partial charge in [0.2, 0.25) is 0 Å². The summed E-state index contributed by atoms with van der Waals surface area (Å²) in [6.07, 6.45) is 2.85. The van der Waals surface area contributed by atoms with E-state index in [0.717, 1.165) is 36.5 Å². The molecule has 0 amide bonds. The molecule has 3 heteroatoms. The van der Waals surface area contributed by atoms with Crippen LogP contribution >= 0.6 is 0 Å². The molecule has 0 bridgehead atoms. The molecule has 2 heterocycles. The number of para-hydroxylation sites is 1. The quantitative estimate of drug-likeness (QED) is 0.790. The predicted molar refractivity (Wildman–Crippen MR) is 84.7 cm³/mol. The molecule has 4 rings (SSSR count). The zero-order chi connectivity index (χ0) is 14.1. The lowest BCUT2D eigenvalue weighted by Crippen LogP contribution is -2.01. The Morgan fingerprint density at radius 3 is 3.05 bits per heavy atom. The van der Waals surface area contributed by atoms with E-state index in [1.807, 2.05) is 18.3 Å². The van der Waals surface area contributed by atoms with Crippen molar-refractivity contribution in [1.82, 2.24) is 4.98 Å². The Balaban J connectivity index is 1.58. The molecule has 0 saturated carbocycles. The molecule has 1 aliphatic heterocycles. The summed E-state index contributed by atoms with van der Waals surface area (Å²) in [5.74, 6) is 1.02. The molecule has 21 heavy (non-hydrogen) atoms. The smallest absolute Gasteiger partial charge is 0.122 e. The molecule has 0 atom stereocenters. The third-order valence-corrected chi connectivity index (χ3v) is 3.89. The summed E-state index contributed by atoms with van der Waals surface area (Å²) in [5, 5.41) is 4.67. The van der Waals surface area contributed by atoms with Gasteiger partial charge in [-0.3, -0.25) is 4.98 Å². The van der Waals surface area contributed by atoms with Crippen molar-refractivity contribution in [3.63, 3.8) is 0 Å². The zero-order valence-corrected chi connectivity index (χ0v) is 11.7. The molecule has 3 nitrogen and oxygen atoms in total. The average Bonchev–Trinajstić information content (AvgIpc) is 3.00. The summed E-state index contributed by atoms with van der Waals surface area (Å²) in [4.78, 5) is 4.49. The Bertz CT molecular complexity index is 793. The number of pyridine rings is 1. The van der Waals surface area contributed by atoms with Gasteiger partial charge in [-0.15, -0.1) is 0 Å². The van der Waals surface area contributed by atoms with Crippen molar-refractivity contribution in [2.24, 2.45) is 0 Å². The maximum atomic E-state index is 5.54. The molecule has 104 valence electrons. The molecule has 0 unspecified atom stereocenters. The van der Waals surface area contributed by atoms with Crippen LogP contribution < -0.4 is 10.1 Å². The number of nitrogens with zero attached hydrogens (tertiary/aromatic N) is 1. The van der Waals surface area contributed by atoms with Gasteiger partial charge in [-0.1, -0.05) is 24.3 Å². The van der Waals surface area contributed by atoms with Gasteiger partial charge in [0.25, 0.3) is 0 Å². The number of hydrogen-bond donors (Lipinski definition) is 1. The lowest BCUT2D eigenvalue weighted by molar-refractivity contribution is 0.357. The van der Waals surface area contributed by atoms with Crippen molar-refractivity contribution in [3.8, 4) is 5.75 Å². The second-order valence-corrected chi connectivity index (χ2v) is 5.27. The van der Waals surface area contributed by atoms with Gasteiger partial charge in [-0.25, -0.2) is 0 Å². The predicted octanol–water partition coefficient (Wildman–Crippen LogP) is 3.78. The van der Waals surface area contributed by atoms with E-state index in [2.05, 4.69) is 46.7 Å². The molecular formula is C18H16N2O. The normalized spacial score (nSPS) is 13.0. The van der Waals surface area contributed by atoms with Crippen LogP contribution in [-0.4, -0.2) is 11.6 Å². The standard InChI is InChI=1S/C18H16N2O/c1-3-13-5-2-9-19-18(13)15(4-1)12-20-16-6-7-17-14(11-16)8-10-21-17/h1-7,9,11,20H,8,10,12H2. The highest BCUT2D eigenvalue weighted by molar-refractivity contribution is 5.81. The summed E-state index contributed by atoms with van der Waals surface area (Å²) in [6.45, 7) is 1.57. The molecule has 0 fully saturated rings. The van der Waals surface area contributed by atoms with Crippen molar-refractivity contribution >= 4 is 16.6 Å². The fourth-order valence-electron chi connectivity index (χ4n) is 2.80. The minimum atomic E-state index is 0.772. The number of fused-ring (bicyclic) bond motifs is 2. The van der Waals surface area contributed by atoms with E-state index in [-0.39, 0.29) is 0 Å². The summed E-state index contributed by atoms with van der Waals surface area (Å²) >= 11 is 0. The highest BCUT2D eigenvalue weighted by atomic mass is 16.5. The SMILES string of the molecule is c1cnc2c(CNc3ccc4c(c3)CCO4)cccc2c1. The van der Waals surface area contributed by atoms with Crippen molar-refractivity contribution in [3.05, 3.63) is 65.9 Å². The van der Waals surface area contributed by atoms with Gasteiger partial charge in [0.1, 0.15) is 5.75 Å². The van der Waals surface area contributed by atoms with Crippen LogP contribution in [0.15, 0.2) is 54.7 Å². The van der Waals surface area contributed by atoms with E-state index in [1.54, 1.807) is 0 Å². The van der Waals surface area contributed by atoms with Crippen LogP contribution in [0, 0.1) is 0 Å². The molecule has 2 aromatic carbocycles. The molecule has 1 N–H and O–H groups in total. The van der Waals surface area contributed by atoms with Crippen LogP contribution in [0.5, 0.6) is 5.75 Å². The van der Waals surface area contributed by atoms with Crippen LogP contribution in [0.1, 0.15) is 11.1 Å². The van der Waals surface area contributed by atoms with Gasteiger partial charge >= 0.3 is 0 Å².